The summed E-state index contributed by atoms with van der Waals surface area (Å²) in [7, 11) is 1.25. The van der Waals surface area contributed by atoms with Gasteiger partial charge in [-0.1, -0.05) is 5.16 Å². The Labute approximate surface area is 161 Å². The van der Waals surface area contributed by atoms with E-state index in [0.717, 1.165) is 17.0 Å². The van der Waals surface area contributed by atoms with Gasteiger partial charge in [-0.05, 0) is 38.1 Å². The third kappa shape index (κ3) is 6.14. The smallest absolute Gasteiger partial charge is 0.325 e. The van der Waals surface area contributed by atoms with Crippen LogP contribution in [0.15, 0.2) is 28.8 Å². The molecule has 0 aliphatic heterocycles. The number of hydrogen-bond acceptors (Lipinski definition) is 7. The highest BCUT2D eigenvalue weighted by Crippen LogP contribution is 2.19. The highest BCUT2D eigenvalue weighted by Gasteiger charge is 2.11. The topological polar surface area (TPSA) is 111 Å². The Morgan fingerprint density at radius 3 is 2.48 bits per heavy atom. The molecule has 144 valence electrons. The summed E-state index contributed by atoms with van der Waals surface area (Å²) in [5.41, 5.74) is 2.81. The molecule has 0 atom stereocenters. The first-order valence-electron chi connectivity index (χ1n) is 8.15. The molecule has 0 fully saturated rings. The summed E-state index contributed by atoms with van der Waals surface area (Å²) in [6, 6.07) is 6.40. The lowest BCUT2D eigenvalue weighted by atomic mass is 10.2. The first-order valence-corrected chi connectivity index (χ1v) is 9.30. The van der Waals surface area contributed by atoms with E-state index in [0.29, 0.717) is 17.0 Å². The average molecular weight is 391 g/mol. The summed E-state index contributed by atoms with van der Waals surface area (Å²) in [6.45, 7) is 3.52. The van der Waals surface area contributed by atoms with Gasteiger partial charge in [-0.2, -0.15) is 0 Å². The molecule has 1 aromatic heterocycles. The number of aryl methyl sites for hydroxylation is 2. The number of anilines is 1. The van der Waals surface area contributed by atoms with Gasteiger partial charge < -0.3 is 19.9 Å². The van der Waals surface area contributed by atoms with E-state index in [1.54, 1.807) is 24.3 Å². The summed E-state index contributed by atoms with van der Waals surface area (Å²) in [5, 5.41) is 9.10. The number of esters is 1. The Kier molecular flexibility index (Phi) is 7.42. The van der Waals surface area contributed by atoms with Gasteiger partial charge in [-0.25, -0.2) is 0 Å². The maximum absolute atomic E-state index is 12.0. The lowest BCUT2D eigenvalue weighted by molar-refractivity contribution is -0.139. The minimum absolute atomic E-state index is 0.144. The molecule has 8 nitrogen and oxygen atoms in total. The van der Waals surface area contributed by atoms with Crippen molar-refractivity contribution in [1.29, 1.82) is 0 Å². The zero-order valence-electron chi connectivity index (χ0n) is 15.3. The number of nitrogens with zero attached hydrogens (tertiary/aromatic N) is 1. The van der Waals surface area contributed by atoms with Crippen LogP contribution in [0.25, 0.3) is 0 Å². The molecule has 0 radical (unpaired) electrons. The zero-order chi connectivity index (χ0) is 19.8. The normalized spacial score (nSPS) is 10.3. The van der Waals surface area contributed by atoms with Gasteiger partial charge in [0.05, 0.1) is 18.6 Å². The van der Waals surface area contributed by atoms with Crippen LogP contribution >= 0.6 is 11.8 Å². The minimum atomic E-state index is -0.527. The molecule has 0 aliphatic rings. The standard InChI is InChI=1S/C18H21N3O5S/c1-11-15(12(2)26-21-11)9-27-10-16(22)20-14-6-4-13(5-7-14)18(24)19-8-17(23)25-3/h4-7H,8-10H2,1-3H3,(H,19,24)(H,20,22). The zero-order valence-corrected chi connectivity index (χ0v) is 16.1. The van der Waals surface area contributed by atoms with Crippen LogP contribution in [0.4, 0.5) is 5.69 Å². The highest BCUT2D eigenvalue weighted by atomic mass is 32.2. The molecule has 1 heterocycles. The van der Waals surface area contributed by atoms with E-state index in [4.69, 9.17) is 4.52 Å². The van der Waals surface area contributed by atoms with Crippen LogP contribution in [0.1, 0.15) is 27.4 Å². The second-order valence-electron chi connectivity index (χ2n) is 5.68. The van der Waals surface area contributed by atoms with Crippen molar-refractivity contribution in [2.45, 2.75) is 19.6 Å². The number of hydrogen-bond donors (Lipinski definition) is 2. The molecule has 0 spiro atoms. The summed E-state index contributed by atoms with van der Waals surface area (Å²) in [4.78, 5) is 35.0. The Balaban J connectivity index is 1.79. The third-order valence-corrected chi connectivity index (χ3v) is 4.67. The molecule has 2 N–H and O–H groups in total. The minimum Gasteiger partial charge on any atom is -0.468 e. The van der Waals surface area contributed by atoms with Crippen LogP contribution in [0, 0.1) is 13.8 Å². The molecule has 9 heteroatoms. The second kappa shape index (κ2) is 9.77. The van der Waals surface area contributed by atoms with Crippen molar-refractivity contribution in [1.82, 2.24) is 10.5 Å². The molecule has 2 rings (SSSR count). The van der Waals surface area contributed by atoms with E-state index in [9.17, 15) is 14.4 Å². The molecule has 0 saturated carbocycles. The summed E-state index contributed by atoms with van der Waals surface area (Å²) >= 11 is 1.47. The fourth-order valence-corrected chi connectivity index (χ4v) is 3.16. The van der Waals surface area contributed by atoms with Gasteiger partial charge in [0.1, 0.15) is 12.3 Å². The molecule has 2 amide bonds. The number of aromatic nitrogens is 1. The number of amides is 2. The van der Waals surface area contributed by atoms with Gasteiger partial charge in [0.2, 0.25) is 5.91 Å². The van der Waals surface area contributed by atoms with Crippen LogP contribution in [0.3, 0.4) is 0 Å². The Morgan fingerprint density at radius 1 is 1.19 bits per heavy atom. The van der Waals surface area contributed by atoms with Crippen molar-refractivity contribution >= 4 is 35.2 Å². The van der Waals surface area contributed by atoms with Crippen LogP contribution in [0.5, 0.6) is 0 Å². The maximum Gasteiger partial charge on any atom is 0.325 e. The maximum atomic E-state index is 12.0. The SMILES string of the molecule is COC(=O)CNC(=O)c1ccc(NC(=O)CSCc2c(C)noc2C)cc1. The van der Waals surface area contributed by atoms with Gasteiger partial charge in [-0.15, -0.1) is 11.8 Å². The van der Waals surface area contributed by atoms with Crippen molar-refractivity contribution in [3.05, 3.63) is 46.8 Å². The molecule has 0 aliphatic carbocycles. The number of carbonyl (C=O) groups is 3. The van der Waals surface area contributed by atoms with Crippen molar-refractivity contribution in [2.24, 2.45) is 0 Å². The molecule has 2 aromatic rings. The molecule has 1 aromatic carbocycles. The molecule has 0 bridgehead atoms. The fraction of sp³-hybridized carbons (Fsp3) is 0.333. The lowest BCUT2D eigenvalue weighted by Crippen LogP contribution is -2.30. The summed E-state index contributed by atoms with van der Waals surface area (Å²) < 4.78 is 9.55. The van der Waals surface area contributed by atoms with Crippen LogP contribution < -0.4 is 10.6 Å². The largest absolute Gasteiger partial charge is 0.468 e. The van der Waals surface area contributed by atoms with Crippen LogP contribution in [0.2, 0.25) is 0 Å². The van der Waals surface area contributed by atoms with E-state index in [1.165, 1.54) is 18.9 Å². The average Bonchev–Trinajstić information content (AvgIpc) is 2.98. The predicted octanol–water partition coefficient (Wildman–Crippen LogP) is 2.07. The third-order valence-electron chi connectivity index (χ3n) is 3.71. The lowest BCUT2D eigenvalue weighted by Gasteiger charge is -2.07. The number of ether oxygens (including phenoxy) is 1. The monoisotopic (exact) mass is 391 g/mol. The van der Waals surface area contributed by atoms with Crippen molar-refractivity contribution in [2.75, 3.05) is 24.7 Å². The van der Waals surface area contributed by atoms with Gasteiger partial charge in [0.25, 0.3) is 5.91 Å². The summed E-state index contributed by atoms with van der Waals surface area (Å²) in [5.74, 6) is 0.630. The van der Waals surface area contributed by atoms with Crippen molar-refractivity contribution in [3.63, 3.8) is 0 Å². The number of carbonyl (C=O) groups excluding carboxylic acids is 3. The van der Waals surface area contributed by atoms with Crippen molar-refractivity contribution < 1.29 is 23.6 Å². The summed E-state index contributed by atoms with van der Waals surface area (Å²) in [6.07, 6.45) is 0. The van der Waals surface area contributed by atoms with Crippen molar-refractivity contribution in [3.8, 4) is 0 Å². The quantitative estimate of drug-likeness (QED) is 0.663. The first-order chi connectivity index (χ1) is 12.9. The van der Waals surface area contributed by atoms with Gasteiger partial charge >= 0.3 is 5.97 Å². The molecular weight excluding hydrogens is 370 g/mol. The predicted molar refractivity (Wildman–Crippen MR) is 102 cm³/mol. The Hall–Kier alpha value is -2.81. The molecular formula is C18H21N3O5S. The van der Waals surface area contributed by atoms with E-state index in [1.807, 2.05) is 13.8 Å². The van der Waals surface area contributed by atoms with Crippen LogP contribution in [-0.4, -0.2) is 42.3 Å². The Morgan fingerprint density at radius 2 is 1.89 bits per heavy atom. The van der Waals surface area contributed by atoms with Gasteiger partial charge in [0.15, 0.2) is 0 Å². The van der Waals surface area contributed by atoms with E-state index < -0.39 is 11.9 Å². The molecule has 0 saturated heterocycles. The number of rotatable bonds is 8. The number of thioether (sulfide) groups is 1. The van der Waals surface area contributed by atoms with Crippen LogP contribution in [-0.2, 0) is 20.1 Å². The van der Waals surface area contributed by atoms with E-state index in [2.05, 4.69) is 20.5 Å². The molecule has 0 unspecified atom stereocenters. The number of benzene rings is 1. The van der Waals surface area contributed by atoms with E-state index >= 15 is 0 Å². The fourth-order valence-electron chi connectivity index (χ4n) is 2.18. The molecule has 27 heavy (non-hydrogen) atoms. The number of methoxy groups -OCH3 is 1. The van der Waals surface area contributed by atoms with Gasteiger partial charge in [-0.3, -0.25) is 14.4 Å². The number of nitrogens with one attached hydrogen (secondary N) is 2. The van der Waals surface area contributed by atoms with E-state index in [-0.39, 0.29) is 18.2 Å². The van der Waals surface area contributed by atoms with Gasteiger partial charge in [0, 0.05) is 22.6 Å². The first kappa shape index (κ1) is 20.5. The second-order valence-corrected chi connectivity index (χ2v) is 6.67. The highest BCUT2D eigenvalue weighted by molar-refractivity contribution is 7.99. The Bertz CT molecular complexity index is 797.